The van der Waals surface area contributed by atoms with Crippen LogP contribution < -0.4 is 5.32 Å². The number of hydrogen-bond acceptors (Lipinski definition) is 5. The van der Waals surface area contributed by atoms with Crippen molar-refractivity contribution in [2.24, 2.45) is 0 Å². The zero-order valence-electron chi connectivity index (χ0n) is 15.1. The summed E-state index contributed by atoms with van der Waals surface area (Å²) in [4.78, 5) is 33.5. The number of anilines is 1. The lowest BCUT2D eigenvalue weighted by Gasteiger charge is -2.14. The number of carbonyl (C=O) groups excluding carboxylic acids is 2. The molecule has 0 spiro atoms. The molecule has 6 nitrogen and oxygen atoms in total. The monoisotopic (exact) mass is 383 g/mol. The van der Waals surface area contributed by atoms with E-state index in [-0.39, 0.29) is 0 Å². The molecule has 0 saturated heterocycles. The maximum Gasteiger partial charge on any atom is 0.338 e. The minimum absolute atomic E-state index is 0.311. The number of rotatable bonds is 4. The van der Waals surface area contributed by atoms with Crippen molar-refractivity contribution in [2.75, 3.05) is 5.32 Å². The van der Waals surface area contributed by atoms with Crippen LogP contribution in [0.25, 0.3) is 11.0 Å². The molecule has 0 unspecified atom stereocenters. The number of esters is 1. The lowest BCUT2D eigenvalue weighted by molar-refractivity contribution is -0.123. The van der Waals surface area contributed by atoms with E-state index in [4.69, 9.17) is 16.3 Å². The highest BCUT2D eigenvalue weighted by Crippen LogP contribution is 2.17. The average molecular weight is 384 g/mol. The fourth-order valence-electron chi connectivity index (χ4n) is 2.42. The van der Waals surface area contributed by atoms with Crippen molar-refractivity contribution in [1.82, 2.24) is 9.97 Å². The van der Waals surface area contributed by atoms with Gasteiger partial charge in [0.2, 0.25) is 0 Å². The summed E-state index contributed by atoms with van der Waals surface area (Å²) >= 11 is 5.82. The van der Waals surface area contributed by atoms with Gasteiger partial charge in [0.05, 0.1) is 28.0 Å². The summed E-state index contributed by atoms with van der Waals surface area (Å²) in [6.07, 6.45) is -0.963. The Morgan fingerprint density at radius 1 is 1.00 bits per heavy atom. The summed E-state index contributed by atoms with van der Waals surface area (Å²) in [5.41, 5.74) is 3.81. The standard InChI is InChI=1S/C20H18ClN3O3/c1-11-12(2)23-18-10-14(4-9-17(18)22-11)20(26)27-13(3)19(25)24-16-7-5-15(21)6-8-16/h4-10,13H,1-3H3,(H,24,25)/t13-/m1/s1. The predicted octanol–water partition coefficient (Wildman–Crippen LogP) is 4.08. The van der Waals surface area contributed by atoms with Gasteiger partial charge < -0.3 is 10.1 Å². The van der Waals surface area contributed by atoms with E-state index in [1.807, 2.05) is 13.8 Å². The number of hydrogen-bond donors (Lipinski definition) is 1. The summed E-state index contributed by atoms with van der Waals surface area (Å²) < 4.78 is 5.27. The Kier molecular flexibility index (Phi) is 5.37. The Balaban J connectivity index is 1.70. The summed E-state index contributed by atoms with van der Waals surface area (Å²) in [5, 5.41) is 3.24. The third-order valence-corrected chi connectivity index (χ3v) is 4.33. The molecule has 7 heteroatoms. The molecule has 0 aliphatic carbocycles. The highest BCUT2D eigenvalue weighted by Gasteiger charge is 2.19. The normalized spacial score (nSPS) is 11.9. The van der Waals surface area contributed by atoms with Crippen LogP contribution in [0.4, 0.5) is 5.69 Å². The Labute approximate surface area is 161 Å². The maximum atomic E-state index is 12.4. The lowest BCUT2D eigenvalue weighted by Crippen LogP contribution is -2.30. The number of nitrogens with one attached hydrogen (secondary N) is 1. The molecule has 1 atom stereocenters. The number of nitrogens with zero attached hydrogens (tertiary/aromatic N) is 2. The summed E-state index contributed by atoms with van der Waals surface area (Å²) in [6.45, 7) is 5.25. The van der Waals surface area contributed by atoms with Gasteiger partial charge in [0.15, 0.2) is 6.10 Å². The van der Waals surface area contributed by atoms with Gasteiger partial charge in [-0.1, -0.05) is 11.6 Å². The molecule has 0 aliphatic rings. The molecule has 0 bridgehead atoms. The second kappa shape index (κ2) is 7.72. The molecular formula is C20H18ClN3O3. The SMILES string of the molecule is Cc1nc2ccc(C(=O)O[C@H](C)C(=O)Nc3ccc(Cl)cc3)cc2nc1C. The van der Waals surface area contributed by atoms with Gasteiger partial charge in [-0.2, -0.15) is 0 Å². The highest BCUT2D eigenvalue weighted by atomic mass is 35.5. The van der Waals surface area contributed by atoms with E-state index in [1.54, 1.807) is 42.5 Å². The second-order valence-corrected chi connectivity index (χ2v) is 6.58. The minimum atomic E-state index is -0.963. The van der Waals surface area contributed by atoms with Gasteiger partial charge in [-0.15, -0.1) is 0 Å². The van der Waals surface area contributed by atoms with Crippen LogP contribution in [0.1, 0.15) is 28.7 Å². The van der Waals surface area contributed by atoms with E-state index in [0.29, 0.717) is 27.3 Å². The highest BCUT2D eigenvalue weighted by molar-refractivity contribution is 6.30. The number of aromatic nitrogens is 2. The second-order valence-electron chi connectivity index (χ2n) is 6.14. The van der Waals surface area contributed by atoms with Gasteiger partial charge in [-0.05, 0) is 63.2 Å². The zero-order valence-corrected chi connectivity index (χ0v) is 15.9. The molecule has 1 aromatic heterocycles. The number of fused-ring (bicyclic) bond motifs is 1. The number of carbonyl (C=O) groups is 2. The van der Waals surface area contributed by atoms with Crippen LogP contribution >= 0.6 is 11.6 Å². The molecule has 1 N–H and O–H groups in total. The van der Waals surface area contributed by atoms with Crippen molar-refractivity contribution in [3.63, 3.8) is 0 Å². The van der Waals surface area contributed by atoms with Crippen LogP contribution in [-0.4, -0.2) is 27.9 Å². The molecule has 3 rings (SSSR count). The summed E-state index contributed by atoms with van der Waals surface area (Å²) in [7, 11) is 0. The molecule has 27 heavy (non-hydrogen) atoms. The quantitative estimate of drug-likeness (QED) is 0.686. The Hall–Kier alpha value is -2.99. The van der Waals surface area contributed by atoms with Gasteiger partial charge in [0, 0.05) is 10.7 Å². The summed E-state index contributed by atoms with van der Waals surface area (Å²) in [6, 6.07) is 11.6. The fourth-order valence-corrected chi connectivity index (χ4v) is 2.54. The first-order valence-corrected chi connectivity index (χ1v) is 8.73. The van der Waals surface area contributed by atoms with E-state index in [1.165, 1.54) is 6.92 Å². The third-order valence-electron chi connectivity index (χ3n) is 4.08. The Morgan fingerprint density at radius 2 is 1.63 bits per heavy atom. The van der Waals surface area contributed by atoms with Crippen molar-refractivity contribution in [2.45, 2.75) is 26.9 Å². The number of benzene rings is 2. The third kappa shape index (κ3) is 4.41. The number of ether oxygens (including phenoxy) is 1. The van der Waals surface area contributed by atoms with Crippen molar-refractivity contribution < 1.29 is 14.3 Å². The van der Waals surface area contributed by atoms with Crippen molar-refractivity contribution in [3.05, 3.63) is 64.4 Å². The van der Waals surface area contributed by atoms with E-state index in [2.05, 4.69) is 15.3 Å². The van der Waals surface area contributed by atoms with Gasteiger partial charge in [-0.3, -0.25) is 4.79 Å². The van der Waals surface area contributed by atoms with Crippen LogP contribution in [0, 0.1) is 13.8 Å². The fraction of sp³-hybridized carbons (Fsp3) is 0.200. The molecule has 1 amide bonds. The molecule has 2 aromatic carbocycles. The van der Waals surface area contributed by atoms with E-state index in [9.17, 15) is 9.59 Å². The lowest BCUT2D eigenvalue weighted by atomic mass is 10.2. The van der Waals surface area contributed by atoms with Crippen molar-refractivity contribution in [3.8, 4) is 0 Å². The van der Waals surface area contributed by atoms with Crippen LogP contribution in [0.5, 0.6) is 0 Å². The van der Waals surface area contributed by atoms with Crippen LogP contribution in [-0.2, 0) is 9.53 Å². The van der Waals surface area contributed by atoms with Crippen LogP contribution in [0.15, 0.2) is 42.5 Å². The van der Waals surface area contributed by atoms with Gasteiger partial charge in [0.25, 0.3) is 5.91 Å². The van der Waals surface area contributed by atoms with Crippen molar-refractivity contribution >= 4 is 40.2 Å². The molecule has 0 fully saturated rings. The van der Waals surface area contributed by atoms with E-state index < -0.39 is 18.0 Å². The van der Waals surface area contributed by atoms with Crippen LogP contribution in [0.2, 0.25) is 5.02 Å². The number of amides is 1. The first-order chi connectivity index (χ1) is 12.8. The molecule has 0 saturated carbocycles. The molecular weight excluding hydrogens is 366 g/mol. The molecule has 1 heterocycles. The van der Waals surface area contributed by atoms with E-state index in [0.717, 1.165) is 11.4 Å². The average Bonchev–Trinajstić information content (AvgIpc) is 2.64. The predicted molar refractivity (Wildman–Crippen MR) is 104 cm³/mol. The Morgan fingerprint density at radius 3 is 2.30 bits per heavy atom. The molecule has 3 aromatic rings. The first-order valence-electron chi connectivity index (χ1n) is 8.36. The maximum absolute atomic E-state index is 12.4. The Bertz CT molecular complexity index is 1020. The van der Waals surface area contributed by atoms with Gasteiger partial charge >= 0.3 is 5.97 Å². The van der Waals surface area contributed by atoms with Gasteiger partial charge in [0.1, 0.15) is 0 Å². The van der Waals surface area contributed by atoms with E-state index >= 15 is 0 Å². The zero-order chi connectivity index (χ0) is 19.6. The largest absolute Gasteiger partial charge is 0.449 e. The van der Waals surface area contributed by atoms with Crippen molar-refractivity contribution in [1.29, 1.82) is 0 Å². The smallest absolute Gasteiger partial charge is 0.338 e. The topological polar surface area (TPSA) is 81.2 Å². The minimum Gasteiger partial charge on any atom is -0.449 e. The van der Waals surface area contributed by atoms with Crippen LogP contribution in [0.3, 0.4) is 0 Å². The summed E-state index contributed by atoms with van der Waals surface area (Å²) in [5.74, 6) is -1.03. The molecule has 138 valence electrons. The number of aryl methyl sites for hydroxylation is 2. The number of halogens is 1. The first kappa shape index (κ1) is 18.8. The van der Waals surface area contributed by atoms with Gasteiger partial charge in [-0.25, -0.2) is 14.8 Å². The molecule has 0 aliphatic heterocycles. The molecule has 0 radical (unpaired) electrons.